The normalized spacial score (nSPS) is 10.9. The number of hydrogen-bond donors (Lipinski definition) is 2. The highest BCUT2D eigenvalue weighted by molar-refractivity contribution is 14.0. The molecular formula is C23H29IN4OS. The summed E-state index contributed by atoms with van der Waals surface area (Å²) in [6.45, 7) is 4.25. The van der Waals surface area contributed by atoms with Gasteiger partial charge in [-0.3, -0.25) is 4.99 Å². The maximum atomic E-state index is 5.84. The first-order valence-electron chi connectivity index (χ1n) is 9.84. The van der Waals surface area contributed by atoms with Gasteiger partial charge >= 0.3 is 0 Å². The molecule has 30 heavy (non-hydrogen) atoms. The summed E-state index contributed by atoms with van der Waals surface area (Å²) in [5.41, 5.74) is 3.56. The summed E-state index contributed by atoms with van der Waals surface area (Å²) in [4.78, 5) is 8.76. The summed E-state index contributed by atoms with van der Waals surface area (Å²) in [6, 6.07) is 18.5. The molecule has 0 spiro atoms. The molecule has 3 rings (SSSR count). The van der Waals surface area contributed by atoms with E-state index >= 15 is 0 Å². The Kier molecular flexibility index (Phi) is 10.6. The lowest BCUT2D eigenvalue weighted by Gasteiger charge is -2.12. The molecule has 3 aromatic rings. The van der Waals surface area contributed by atoms with Crippen LogP contribution in [0.4, 0.5) is 0 Å². The molecule has 0 radical (unpaired) electrons. The number of thiazole rings is 1. The largest absolute Gasteiger partial charge is 0.489 e. The van der Waals surface area contributed by atoms with Gasteiger partial charge < -0.3 is 15.4 Å². The van der Waals surface area contributed by atoms with Crippen LogP contribution in [0.25, 0.3) is 0 Å². The third kappa shape index (κ3) is 8.31. The van der Waals surface area contributed by atoms with E-state index in [0.29, 0.717) is 6.61 Å². The fourth-order valence-electron chi connectivity index (χ4n) is 2.87. The third-order valence-electron chi connectivity index (χ3n) is 4.44. The highest BCUT2D eigenvalue weighted by Crippen LogP contribution is 2.14. The number of benzene rings is 2. The number of aryl methyl sites for hydroxylation is 1. The molecular weight excluding hydrogens is 507 g/mol. The van der Waals surface area contributed by atoms with E-state index < -0.39 is 0 Å². The first-order valence-corrected chi connectivity index (χ1v) is 10.7. The van der Waals surface area contributed by atoms with Crippen LogP contribution in [-0.4, -0.2) is 31.1 Å². The Morgan fingerprint density at radius 2 is 1.67 bits per heavy atom. The summed E-state index contributed by atoms with van der Waals surface area (Å²) >= 11 is 1.69. The minimum atomic E-state index is 0. The van der Waals surface area contributed by atoms with Crippen molar-refractivity contribution < 1.29 is 4.74 Å². The Hall–Kier alpha value is -2.13. The molecule has 0 saturated heterocycles. The van der Waals surface area contributed by atoms with Crippen molar-refractivity contribution in [3.8, 4) is 5.75 Å². The number of hydrogen-bond acceptors (Lipinski definition) is 4. The van der Waals surface area contributed by atoms with Crippen molar-refractivity contribution in [3.05, 3.63) is 81.8 Å². The van der Waals surface area contributed by atoms with Crippen molar-refractivity contribution in [1.29, 1.82) is 0 Å². The van der Waals surface area contributed by atoms with Gasteiger partial charge in [0, 0.05) is 31.9 Å². The van der Waals surface area contributed by atoms with Crippen molar-refractivity contribution >= 4 is 41.3 Å². The number of nitrogens with one attached hydrogen (secondary N) is 2. The third-order valence-corrected chi connectivity index (χ3v) is 5.26. The van der Waals surface area contributed by atoms with Gasteiger partial charge in [0.05, 0.1) is 10.7 Å². The standard InChI is InChI=1S/C23H28N4OS.HI/c1-18-27-21(17-29-18)13-15-26-23(24-2)25-14-12-19-8-10-22(11-9-19)28-16-20-6-4-3-5-7-20;/h3-11,17H,12-16H2,1-2H3,(H2,24,25,26);1H. The van der Waals surface area contributed by atoms with Crippen LogP contribution in [0.1, 0.15) is 21.8 Å². The first-order chi connectivity index (χ1) is 14.2. The second-order valence-corrected chi connectivity index (χ2v) is 7.76. The minimum absolute atomic E-state index is 0. The van der Waals surface area contributed by atoms with Crippen LogP contribution in [0.5, 0.6) is 5.75 Å². The van der Waals surface area contributed by atoms with Crippen molar-refractivity contribution in [1.82, 2.24) is 15.6 Å². The molecule has 0 fully saturated rings. The molecule has 1 heterocycles. The van der Waals surface area contributed by atoms with Crippen LogP contribution in [0.15, 0.2) is 65.0 Å². The average Bonchev–Trinajstić information content (AvgIpc) is 3.17. The molecule has 0 atom stereocenters. The molecule has 0 saturated carbocycles. The number of halogens is 1. The molecule has 0 aliphatic heterocycles. The van der Waals surface area contributed by atoms with E-state index in [9.17, 15) is 0 Å². The molecule has 0 amide bonds. The average molecular weight is 536 g/mol. The number of guanidine groups is 1. The molecule has 0 unspecified atom stereocenters. The van der Waals surface area contributed by atoms with Gasteiger partial charge in [0.1, 0.15) is 12.4 Å². The number of aromatic nitrogens is 1. The van der Waals surface area contributed by atoms with Crippen LogP contribution < -0.4 is 15.4 Å². The van der Waals surface area contributed by atoms with Gasteiger partial charge in [-0.05, 0) is 36.6 Å². The fraction of sp³-hybridized carbons (Fsp3) is 0.304. The Morgan fingerprint density at radius 1 is 0.967 bits per heavy atom. The monoisotopic (exact) mass is 536 g/mol. The molecule has 5 nitrogen and oxygen atoms in total. The molecule has 1 aromatic heterocycles. The van der Waals surface area contributed by atoms with Crippen molar-refractivity contribution in [3.63, 3.8) is 0 Å². The summed E-state index contributed by atoms with van der Waals surface area (Å²) in [5, 5.41) is 9.92. The maximum absolute atomic E-state index is 5.84. The summed E-state index contributed by atoms with van der Waals surface area (Å²) in [7, 11) is 1.79. The molecule has 7 heteroatoms. The lowest BCUT2D eigenvalue weighted by Crippen LogP contribution is -2.39. The molecule has 2 N–H and O–H groups in total. The van der Waals surface area contributed by atoms with Gasteiger partial charge in [0.25, 0.3) is 0 Å². The van der Waals surface area contributed by atoms with Crippen LogP contribution in [0, 0.1) is 6.92 Å². The Labute approximate surface area is 200 Å². The van der Waals surface area contributed by atoms with Crippen LogP contribution in [0.2, 0.25) is 0 Å². The summed E-state index contributed by atoms with van der Waals surface area (Å²) < 4.78 is 5.84. The van der Waals surface area contributed by atoms with Crippen molar-refractivity contribution in [2.24, 2.45) is 4.99 Å². The van der Waals surface area contributed by atoms with Gasteiger partial charge in [-0.2, -0.15) is 0 Å². The quantitative estimate of drug-likeness (QED) is 0.239. The van der Waals surface area contributed by atoms with E-state index in [4.69, 9.17) is 4.74 Å². The van der Waals surface area contributed by atoms with Gasteiger partial charge in [-0.25, -0.2) is 4.98 Å². The van der Waals surface area contributed by atoms with Gasteiger partial charge in [-0.15, -0.1) is 35.3 Å². The van der Waals surface area contributed by atoms with E-state index in [-0.39, 0.29) is 24.0 Å². The highest BCUT2D eigenvalue weighted by Gasteiger charge is 2.02. The number of ether oxygens (including phenoxy) is 1. The number of rotatable bonds is 9. The second-order valence-electron chi connectivity index (χ2n) is 6.70. The van der Waals surface area contributed by atoms with Gasteiger partial charge in [-0.1, -0.05) is 42.5 Å². The molecule has 0 bridgehead atoms. The van der Waals surface area contributed by atoms with E-state index in [2.05, 4.69) is 50.3 Å². The summed E-state index contributed by atoms with van der Waals surface area (Å²) in [6.07, 6.45) is 1.82. The zero-order valence-electron chi connectivity index (χ0n) is 17.4. The van der Waals surface area contributed by atoms with Crippen molar-refractivity contribution in [2.75, 3.05) is 20.1 Å². The van der Waals surface area contributed by atoms with E-state index in [1.165, 1.54) is 11.1 Å². The van der Waals surface area contributed by atoms with Crippen LogP contribution >= 0.6 is 35.3 Å². The predicted octanol–water partition coefficient (Wildman–Crippen LogP) is 4.60. The second kappa shape index (κ2) is 13.2. The summed E-state index contributed by atoms with van der Waals surface area (Å²) in [5.74, 6) is 1.71. The maximum Gasteiger partial charge on any atom is 0.190 e. The van der Waals surface area contributed by atoms with E-state index in [1.54, 1.807) is 18.4 Å². The topological polar surface area (TPSA) is 58.5 Å². The lowest BCUT2D eigenvalue weighted by atomic mass is 10.1. The molecule has 2 aromatic carbocycles. The molecule has 0 aliphatic carbocycles. The Balaban J connectivity index is 0.00000320. The van der Waals surface area contributed by atoms with Crippen molar-refractivity contribution in [2.45, 2.75) is 26.4 Å². The molecule has 0 aliphatic rings. The first kappa shape index (κ1) is 24.1. The molecule has 160 valence electrons. The Morgan fingerprint density at radius 3 is 2.30 bits per heavy atom. The predicted molar refractivity (Wildman–Crippen MR) is 136 cm³/mol. The van der Waals surface area contributed by atoms with E-state index in [0.717, 1.165) is 48.3 Å². The van der Waals surface area contributed by atoms with Gasteiger partial charge in [0.15, 0.2) is 5.96 Å². The minimum Gasteiger partial charge on any atom is -0.489 e. The number of nitrogens with zero attached hydrogens (tertiary/aromatic N) is 2. The smallest absolute Gasteiger partial charge is 0.190 e. The fourth-order valence-corrected chi connectivity index (χ4v) is 3.52. The lowest BCUT2D eigenvalue weighted by molar-refractivity contribution is 0.306. The van der Waals surface area contributed by atoms with Gasteiger partial charge in [0.2, 0.25) is 0 Å². The zero-order chi connectivity index (χ0) is 20.3. The zero-order valence-corrected chi connectivity index (χ0v) is 20.6. The van der Waals surface area contributed by atoms with E-state index in [1.807, 2.05) is 37.3 Å². The number of aliphatic imine (C=N–C) groups is 1. The highest BCUT2D eigenvalue weighted by atomic mass is 127. The van der Waals surface area contributed by atoms with Crippen LogP contribution in [0.3, 0.4) is 0 Å². The Bertz CT molecular complexity index is 897. The van der Waals surface area contributed by atoms with Crippen LogP contribution in [-0.2, 0) is 19.4 Å². The SMILES string of the molecule is CN=C(NCCc1ccc(OCc2ccccc2)cc1)NCCc1csc(C)n1.I.